The van der Waals surface area contributed by atoms with E-state index in [0.717, 1.165) is 6.16 Å². The Hall–Kier alpha value is -2.63. The fraction of sp³-hybridized carbons (Fsp3) is 0.0769. The molecule has 0 aliphatic carbocycles. The second kappa shape index (κ2) is 8.59. The summed E-state index contributed by atoms with van der Waals surface area (Å²) in [6, 6.07) is 42.2. The van der Waals surface area contributed by atoms with Gasteiger partial charge in [0.15, 0.2) is 0 Å². The lowest BCUT2D eigenvalue weighted by atomic mass is 9.73. The van der Waals surface area contributed by atoms with Crippen LogP contribution in [0.3, 0.4) is 0 Å². The van der Waals surface area contributed by atoms with Gasteiger partial charge in [0.1, 0.15) is 30.5 Å². The fourth-order valence-electron chi connectivity index (χ4n) is 3.86. The Kier molecular flexibility index (Phi) is 5.74. The summed E-state index contributed by atoms with van der Waals surface area (Å²) in [6.45, 7) is 2.09. The predicted octanol–water partition coefficient (Wildman–Crippen LogP) is 4.56. The molecule has 2 heteroatoms. The maximum Gasteiger partial charge on any atom is 0.148 e. The maximum absolute atomic E-state index is 2.31. The van der Waals surface area contributed by atoms with Crippen molar-refractivity contribution in [2.45, 2.75) is 13.0 Å². The zero-order valence-electron chi connectivity index (χ0n) is 16.2. The van der Waals surface area contributed by atoms with Crippen molar-refractivity contribution < 1.29 is 0 Å². The number of rotatable bonds is 6. The third kappa shape index (κ3) is 3.68. The Balaban J connectivity index is 1.95. The molecular formula is C26H24BP+. The molecule has 0 saturated carbocycles. The van der Waals surface area contributed by atoms with Crippen LogP contribution >= 0.6 is 7.26 Å². The molecule has 28 heavy (non-hydrogen) atoms. The van der Waals surface area contributed by atoms with Gasteiger partial charge in [-0.05, 0) is 42.0 Å². The second-order valence-corrected chi connectivity index (χ2v) is 10.5. The predicted molar refractivity (Wildman–Crippen MR) is 127 cm³/mol. The van der Waals surface area contributed by atoms with Crippen molar-refractivity contribution in [3.63, 3.8) is 0 Å². The van der Waals surface area contributed by atoms with Gasteiger partial charge in [-0.1, -0.05) is 91.1 Å². The van der Waals surface area contributed by atoms with Gasteiger partial charge < -0.3 is 0 Å². The lowest BCUT2D eigenvalue weighted by molar-refractivity contribution is 1.40. The molecule has 0 bridgehead atoms. The molecule has 0 atom stereocenters. The van der Waals surface area contributed by atoms with Crippen LogP contribution in [0.2, 0.25) is 6.82 Å². The van der Waals surface area contributed by atoms with Gasteiger partial charge in [-0.25, -0.2) is 0 Å². The Bertz CT molecular complexity index is 900. The topological polar surface area (TPSA) is 0 Å². The summed E-state index contributed by atoms with van der Waals surface area (Å²) in [6.07, 6.45) is 1.02. The first kappa shape index (κ1) is 18.7. The molecule has 0 nitrogen and oxygen atoms in total. The SMILES string of the molecule is C[B]c1ccc(C[P+](c2ccccc2)(c2ccccc2)c2ccccc2)cc1. The van der Waals surface area contributed by atoms with E-state index >= 15 is 0 Å². The van der Waals surface area contributed by atoms with E-state index in [1.54, 1.807) is 0 Å². The van der Waals surface area contributed by atoms with Crippen LogP contribution in [0.25, 0.3) is 0 Å². The van der Waals surface area contributed by atoms with Gasteiger partial charge >= 0.3 is 0 Å². The minimum atomic E-state index is -1.81. The first-order valence-corrected chi connectivity index (χ1v) is 11.7. The van der Waals surface area contributed by atoms with Gasteiger partial charge in [0.2, 0.25) is 0 Å². The molecule has 0 saturated heterocycles. The molecule has 0 aliphatic heterocycles. The molecule has 4 aromatic carbocycles. The Labute approximate surface area is 169 Å². The van der Waals surface area contributed by atoms with E-state index in [1.165, 1.54) is 26.9 Å². The van der Waals surface area contributed by atoms with Gasteiger partial charge in [-0.15, -0.1) is 0 Å². The van der Waals surface area contributed by atoms with Crippen LogP contribution in [-0.4, -0.2) is 7.28 Å². The van der Waals surface area contributed by atoms with Gasteiger partial charge in [0.05, 0.1) is 6.16 Å². The van der Waals surface area contributed by atoms with Crippen molar-refractivity contribution in [1.29, 1.82) is 0 Å². The highest BCUT2D eigenvalue weighted by Gasteiger charge is 2.45. The third-order valence-corrected chi connectivity index (χ3v) is 9.70. The first-order valence-electron chi connectivity index (χ1n) is 9.76. The highest BCUT2D eigenvalue weighted by atomic mass is 31.2. The lowest BCUT2D eigenvalue weighted by Crippen LogP contribution is -2.32. The summed E-state index contributed by atoms with van der Waals surface area (Å²) < 4.78 is 0. The Morgan fingerprint density at radius 3 is 1.29 bits per heavy atom. The van der Waals surface area contributed by atoms with E-state index in [1.807, 2.05) is 0 Å². The summed E-state index contributed by atoms with van der Waals surface area (Å²) in [4.78, 5) is 0. The average Bonchev–Trinajstić information content (AvgIpc) is 2.80. The van der Waals surface area contributed by atoms with E-state index < -0.39 is 7.26 Å². The molecule has 0 aliphatic rings. The quantitative estimate of drug-likeness (QED) is 0.341. The zero-order chi connectivity index (χ0) is 19.2. The van der Waals surface area contributed by atoms with Crippen molar-refractivity contribution in [2.24, 2.45) is 0 Å². The third-order valence-electron chi connectivity index (χ3n) is 5.32. The van der Waals surface area contributed by atoms with E-state index in [-0.39, 0.29) is 0 Å². The van der Waals surface area contributed by atoms with Crippen molar-refractivity contribution in [2.75, 3.05) is 0 Å². The molecule has 4 rings (SSSR count). The molecular weight excluding hydrogens is 354 g/mol. The monoisotopic (exact) mass is 378 g/mol. The molecule has 0 unspecified atom stereocenters. The van der Waals surface area contributed by atoms with Gasteiger partial charge in [-0.3, -0.25) is 0 Å². The molecule has 1 radical (unpaired) electrons. The minimum Gasteiger partial charge on any atom is -0.0881 e. The second-order valence-electron chi connectivity index (χ2n) is 7.00. The first-order chi connectivity index (χ1) is 13.8. The van der Waals surface area contributed by atoms with E-state index in [0.29, 0.717) is 0 Å². The van der Waals surface area contributed by atoms with Crippen molar-refractivity contribution in [3.05, 3.63) is 121 Å². The van der Waals surface area contributed by atoms with Gasteiger partial charge in [-0.2, -0.15) is 0 Å². The summed E-state index contributed by atoms with van der Waals surface area (Å²) in [5.74, 6) is 0. The maximum atomic E-state index is 2.31. The summed E-state index contributed by atoms with van der Waals surface area (Å²) in [7, 11) is 0.342. The van der Waals surface area contributed by atoms with Crippen LogP contribution < -0.4 is 21.4 Å². The fourth-order valence-corrected chi connectivity index (χ4v) is 8.10. The van der Waals surface area contributed by atoms with Crippen LogP contribution in [0.5, 0.6) is 0 Å². The normalized spacial score (nSPS) is 11.2. The highest BCUT2D eigenvalue weighted by molar-refractivity contribution is 7.95. The summed E-state index contributed by atoms with van der Waals surface area (Å²) >= 11 is 0. The lowest BCUT2D eigenvalue weighted by Gasteiger charge is -2.28. The molecule has 0 heterocycles. The van der Waals surface area contributed by atoms with Gasteiger partial charge in [0.25, 0.3) is 0 Å². The molecule has 0 spiro atoms. The van der Waals surface area contributed by atoms with Crippen molar-refractivity contribution in [3.8, 4) is 0 Å². The molecule has 0 N–H and O–H groups in total. The van der Waals surface area contributed by atoms with E-state index in [2.05, 4.69) is 129 Å². The van der Waals surface area contributed by atoms with Crippen LogP contribution in [0, 0.1) is 0 Å². The molecule has 0 fully saturated rings. The smallest absolute Gasteiger partial charge is 0.0881 e. The van der Waals surface area contributed by atoms with Crippen LogP contribution in [0.1, 0.15) is 5.56 Å². The summed E-state index contributed by atoms with van der Waals surface area (Å²) in [5, 5.41) is 4.29. The van der Waals surface area contributed by atoms with Crippen LogP contribution in [0.15, 0.2) is 115 Å². The average molecular weight is 378 g/mol. The minimum absolute atomic E-state index is 1.02. The summed E-state index contributed by atoms with van der Waals surface area (Å²) in [5.41, 5.74) is 2.65. The molecule has 0 amide bonds. The standard InChI is InChI=1S/C26H24BP/c1-27-23-19-17-22(18-20-23)21-28(24-11-5-2-6-12-24,25-13-7-3-8-14-25)26-15-9-4-10-16-26/h2-20H,21H2,1H3/q+1. The van der Waals surface area contributed by atoms with Crippen LogP contribution in [0.4, 0.5) is 0 Å². The van der Waals surface area contributed by atoms with E-state index in [4.69, 9.17) is 0 Å². The number of benzene rings is 4. The number of hydrogen-bond donors (Lipinski definition) is 0. The van der Waals surface area contributed by atoms with E-state index in [9.17, 15) is 0 Å². The molecule has 135 valence electrons. The van der Waals surface area contributed by atoms with Crippen molar-refractivity contribution >= 4 is 35.9 Å². The zero-order valence-corrected chi connectivity index (χ0v) is 17.1. The molecule has 4 aromatic rings. The van der Waals surface area contributed by atoms with Crippen LogP contribution in [-0.2, 0) is 6.16 Å². The largest absolute Gasteiger partial charge is 0.148 e. The highest BCUT2D eigenvalue weighted by Crippen LogP contribution is 2.58. The Morgan fingerprint density at radius 2 is 0.929 bits per heavy atom. The Morgan fingerprint density at radius 1 is 0.536 bits per heavy atom. The van der Waals surface area contributed by atoms with Gasteiger partial charge in [0, 0.05) is 0 Å². The van der Waals surface area contributed by atoms with Crippen molar-refractivity contribution in [1.82, 2.24) is 0 Å². The molecule has 0 aromatic heterocycles. The number of hydrogen-bond acceptors (Lipinski definition) is 0.